The van der Waals surface area contributed by atoms with E-state index in [2.05, 4.69) is 41.5 Å². The largest absolute Gasteiger partial charge is 0.472 e. The van der Waals surface area contributed by atoms with Gasteiger partial charge in [0.15, 0.2) is 12.2 Å². The summed E-state index contributed by atoms with van der Waals surface area (Å²) in [6, 6.07) is 0. The number of hydrogen-bond acceptors (Lipinski definition) is 15. The van der Waals surface area contributed by atoms with E-state index >= 15 is 0 Å². The van der Waals surface area contributed by atoms with Crippen molar-refractivity contribution in [2.75, 3.05) is 39.6 Å². The second kappa shape index (κ2) is 54.7. The Hall–Kier alpha value is -1.94. The summed E-state index contributed by atoms with van der Waals surface area (Å²) in [6.45, 7) is 9.36. The molecule has 0 aromatic rings. The highest BCUT2D eigenvalue weighted by Crippen LogP contribution is 2.45. The van der Waals surface area contributed by atoms with Crippen molar-refractivity contribution in [3.8, 4) is 0 Å². The molecule has 0 aromatic heterocycles. The zero-order valence-corrected chi connectivity index (χ0v) is 53.9. The second-order valence-corrected chi connectivity index (χ2v) is 26.3. The average Bonchev–Trinajstić information content (AvgIpc) is 3.42. The van der Waals surface area contributed by atoms with E-state index in [1.807, 2.05) is 0 Å². The maximum Gasteiger partial charge on any atom is 0.472 e. The van der Waals surface area contributed by atoms with Crippen LogP contribution in [0.15, 0.2) is 0 Å². The number of carbonyl (C=O) groups excluding carboxylic acids is 4. The van der Waals surface area contributed by atoms with Gasteiger partial charge in [0.1, 0.15) is 19.3 Å². The predicted molar refractivity (Wildman–Crippen MR) is 321 cm³/mol. The zero-order chi connectivity index (χ0) is 60.1. The van der Waals surface area contributed by atoms with Crippen LogP contribution in [0.2, 0.25) is 0 Å². The van der Waals surface area contributed by atoms with Crippen LogP contribution in [0.3, 0.4) is 0 Å². The number of phosphoric acid groups is 2. The fourth-order valence-corrected chi connectivity index (χ4v) is 10.8. The van der Waals surface area contributed by atoms with Crippen LogP contribution in [0.25, 0.3) is 0 Å². The van der Waals surface area contributed by atoms with Crippen molar-refractivity contribution < 1.29 is 80.2 Å². The number of carbonyl (C=O) groups is 4. The van der Waals surface area contributed by atoms with Crippen molar-refractivity contribution >= 4 is 39.5 Å². The molecule has 19 heteroatoms. The van der Waals surface area contributed by atoms with Crippen LogP contribution in [0.1, 0.15) is 305 Å². The first-order valence-electron chi connectivity index (χ1n) is 32.5. The Bertz CT molecular complexity index is 1600. The molecule has 0 amide bonds. The van der Waals surface area contributed by atoms with Crippen molar-refractivity contribution in [1.82, 2.24) is 0 Å². The van der Waals surface area contributed by atoms with E-state index in [9.17, 15) is 43.2 Å². The van der Waals surface area contributed by atoms with Crippen LogP contribution in [0.5, 0.6) is 0 Å². The summed E-state index contributed by atoms with van der Waals surface area (Å²) >= 11 is 0. The summed E-state index contributed by atoms with van der Waals surface area (Å²) in [5.41, 5.74) is 0. The van der Waals surface area contributed by atoms with Crippen molar-refractivity contribution in [1.29, 1.82) is 0 Å². The van der Waals surface area contributed by atoms with Crippen LogP contribution in [0, 0.1) is 11.8 Å². The lowest BCUT2D eigenvalue weighted by Gasteiger charge is -2.21. The molecule has 0 rings (SSSR count). The van der Waals surface area contributed by atoms with E-state index in [1.54, 1.807) is 0 Å². The monoisotopic (exact) mass is 1200 g/mol. The standard InChI is InChI=1S/C62H120O17P2/c1-7-9-11-13-15-25-32-38-44-59(64)72-50-57(78-61(66)46-40-34-26-16-14-12-10-8-2)52-76-80(68,69)74-48-56(63)49-75-81(70,71)77-53-58(51-73-60(65)45-39-33-29-28-31-37-43-55(5)6)79-62(67)47-41-35-27-23-21-19-17-18-20-22-24-30-36-42-54(3)4/h54-58,63H,7-53H2,1-6H3,(H,68,69)(H,70,71)/t56-,57+,58+/m0/s1. The molecule has 0 aliphatic heterocycles. The molecule has 0 fully saturated rings. The lowest BCUT2D eigenvalue weighted by atomic mass is 10.0. The number of esters is 4. The summed E-state index contributed by atoms with van der Waals surface area (Å²) in [6.07, 6.45) is 36.5. The minimum absolute atomic E-state index is 0.104. The van der Waals surface area contributed by atoms with E-state index in [1.165, 1.54) is 103 Å². The molecule has 480 valence electrons. The topological polar surface area (TPSA) is 237 Å². The van der Waals surface area contributed by atoms with Gasteiger partial charge in [-0.2, -0.15) is 0 Å². The van der Waals surface area contributed by atoms with E-state index in [0.29, 0.717) is 31.6 Å². The molecule has 0 radical (unpaired) electrons. The van der Waals surface area contributed by atoms with Crippen LogP contribution in [0.4, 0.5) is 0 Å². The van der Waals surface area contributed by atoms with Gasteiger partial charge >= 0.3 is 39.5 Å². The van der Waals surface area contributed by atoms with E-state index in [0.717, 1.165) is 115 Å². The van der Waals surface area contributed by atoms with Gasteiger partial charge < -0.3 is 33.8 Å². The van der Waals surface area contributed by atoms with Crippen molar-refractivity contribution in [3.05, 3.63) is 0 Å². The van der Waals surface area contributed by atoms with Gasteiger partial charge in [-0.3, -0.25) is 37.3 Å². The molecule has 0 bridgehead atoms. The van der Waals surface area contributed by atoms with Gasteiger partial charge in [0.2, 0.25) is 0 Å². The third kappa shape index (κ3) is 56.9. The molecule has 0 aromatic carbocycles. The fourth-order valence-electron chi connectivity index (χ4n) is 9.18. The molecular weight excluding hydrogens is 1080 g/mol. The molecule has 81 heavy (non-hydrogen) atoms. The number of hydrogen-bond donors (Lipinski definition) is 3. The van der Waals surface area contributed by atoms with Gasteiger partial charge in [-0.15, -0.1) is 0 Å². The SMILES string of the molecule is CCCCCCCCCCC(=O)OC[C@H](COP(=O)(O)OC[C@H](O)COP(=O)(O)OC[C@@H](COC(=O)CCCCCCCCC(C)C)OC(=O)CCCCCCCCCCCCCCCC(C)C)OC(=O)CCCCCCCCCC. The van der Waals surface area contributed by atoms with Crippen molar-refractivity contribution in [2.24, 2.45) is 11.8 Å². The highest BCUT2D eigenvalue weighted by Gasteiger charge is 2.30. The first-order valence-corrected chi connectivity index (χ1v) is 35.5. The molecule has 0 saturated heterocycles. The van der Waals surface area contributed by atoms with Crippen LogP contribution >= 0.6 is 15.6 Å². The van der Waals surface area contributed by atoms with E-state index < -0.39 is 97.5 Å². The van der Waals surface area contributed by atoms with Gasteiger partial charge in [-0.1, -0.05) is 253 Å². The Morgan fingerprint density at radius 2 is 0.568 bits per heavy atom. The number of rotatable bonds is 61. The van der Waals surface area contributed by atoms with E-state index in [-0.39, 0.29) is 25.7 Å². The zero-order valence-electron chi connectivity index (χ0n) is 52.1. The highest BCUT2D eigenvalue weighted by molar-refractivity contribution is 7.47. The van der Waals surface area contributed by atoms with E-state index in [4.69, 9.17) is 37.0 Å². The Kier molecular flexibility index (Phi) is 53.4. The average molecular weight is 1200 g/mol. The van der Waals surface area contributed by atoms with Gasteiger partial charge in [0.25, 0.3) is 0 Å². The molecule has 17 nitrogen and oxygen atoms in total. The molecule has 0 saturated carbocycles. The van der Waals surface area contributed by atoms with Crippen molar-refractivity contribution in [3.63, 3.8) is 0 Å². The second-order valence-electron chi connectivity index (χ2n) is 23.4. The molecule has 0 aliphatic carbocycles. The van der Waals surface area contributed by atoms with Crippen LogP contribution in [-0.4, -0.2) is 96.7 Å². The van der Waals surface area contributed by atoms with Gasteiger partial charge in [-0.25, -0.2) is 9.13 Å². The van der Waals surface area contributed by atoms with Crippen LogP contribution in [-0.2, 0) is 65.4 Å². The summed E-state index contributed by atoms with van der Waals surface area (Å²) in [7, 11) is -9.88. The molecular formula is C62H120O17P2. The molecule has 3 N–H and O–H groups in total. The van der Waals surface area contributed by atoms with Crippen molar-refractivity contribution in [2.45, 2.75) is 323 Å². The summed E-state index contributed by atoms with van der Waals surface area (Å²) < 4.78 is 67.8. The predicted octanol–water partition coefficient (Wildman–Crippen LogP) is 16.9. The Morgan fingerprint density at radius 3 is 0.840 bits per heavy atom. The Morgan fingerprint density at radius 1 is 0.333 bits per heavy atom. The number of unbranched alkanes of at least 4 members (excludes halogenated alkanes) is 31. The number of aliphatic hydroxyl groups excluding tert-OH is 1. The molecule has 5 atom stereocenters. The normalized spacial score (nSPS) is 14.4. The molecule has 0 heterocycles. The number of phosphoric ester groups is 2. The lowest BCUT2D eigenvalue weighted by molar-refractivity contribution is -0.161. The van der Waals surface area contributed by atoms with Gasteiger partial charge in [0, 0.05) is 25.7 Å². The number of aliphatic hydroxyl groups is 1. The highest BCUT2D eigenvalue weighted by atomic mass is 31.2. The third-order valence-corrected chi connectivity index (χ3v) is 16.1. The smallest absolute Gasteiger partial charge is 0.462 e. The maximum absolute atomic E-state index is 12.9. The van der Waals surface area contributed by atoms with Crippen LogP contribution < -0.4 is 0 Å². The fraction of sp³-hybridized carbons (Fsp3) is 0.935. The van der Waals surface area contributed by atoms with Gasteiger partial charge in [0.05, 0.1) is 26.4 Å². The third-order valence-electron chi connectivity index (χ3n) is 14.2. The quantitative estimate of drug-likeness (QED) is 0.0222. The number of ether oxygens (including phenoxy) is 4. The first kappa shape index (κ1) is 79.1. The summed E-state index contributed by atoms with van der Waals surface area (Å²) in [5, 5.41) is 10.5. The lowest BCUT2D eigenvalue weighted by Crippen LogP contribution is -2.30. The molecule has 2 unspecified atom stereocenters. The molecule has 0 spiro atoms. The summed E-state index contributed by atoms with van der Waals surface area (Å²) in [4.78, 5) is 71.9. The van der Waals surface area contributed by atoms with Gasteiger partial charge in [-0.05, 0) is 37.5 Å². The summed E-state index contributed by atoms with van der Waals surface area (Å²) in [5.74, 6) is -0.677. The minimum atomic E-state index is -4.94. The Balaban J connectivity index is 5.18. The molecule has 0 aliphatic rings. The Labute approximate surface area is 492 Å². The maximum atomic E-state index is 12.9. The first-order chi connectivity index (χ1) is 38.9. The minimum Gasteiger partial charge on any atom is -0.462 e.